The van der Waals surface area contributed by atoms with E-state index in [2.05, 4.69) is 10.1 Å². The topological polar surface area (TPSA) is 168 Å². The Hall–Kier alpha value is -3.72. The number of ether oxygens (including phenoxy) is 4. The molecule has 0 radical (unpaired) electrons. The fourth-order valence-electron chi connectivity index (χ4n) is 4.29. The maximum atomic E-state index is 12.9. The number of hydrogen-bond donors (Lipinski definition) is 1. The molecule has 1 unspecified atom stereocenters. The molecule has 5 atom stereocenters. The predicted molar refractivity (Wildman–Crippen MR) is 123 cm³/mol. The molecule has 2 aromatic rings. The molecular weight excluding hydrogens is 470 g/mol. The zero-order chi connectivity index (χ0) is 26.6. The van der Waals surface area contributed by atoms with E-state index in [9.17, 15) is 19.6 Å². The highest BCUT2D eigenvalue weighted by molar-refractivity contribution is 5.77. The number of nitriles is 1. The van der Waals surface area contributed by atoms with Crippen molar-refractivity contribution in [3.8, 4) is 6.07 Å². The van der Waals surface area contributed by atoms with Crippen LogP contribution in [-0.2, 0) is 33.3 Å². The minimum absolute atomic E-state index is 0.204. The number of nitrogen functional groups attached to an aromatic ring is 1. The summed E-state index contributed by atoms with van der Waals surface area (Å²) in [7, 11) is 0. The van der Waals surface area contributed by atoms with E-state index in [4.69, 9.17) is 24.7 Å². The molecule has 1 saturated carbocycles. The quantitative estimate of drug-likeness (QED) is 0.435. The van der Waals surface area contributed by atoms with Gasteiger partial charge >= 0.3 is 17.9 Å². The smallest absolute Gasteiger partial charge is 0.309 e. The van der Waals surface area contributed by atoms with Crippen LogP contribution < -0.4 is 5.73 Å². The minimum Gasteiger partial charge on any atom is -0.454 e. The first-order valence-corrected chi connectivity index (χ1v) is 11.7. The van der Waals surface area contributed by atoms with Crippen LogP contribution in [0.4, 0.5) is 5.82 Å². The molecule has 1 aliphatic carbocycles. The average molecular weight is 500 g/mol. The van der Waals surface area contributed by atoms with Crippen LogP contribution in [0.2, 0.25) is 0 Å². The maximum Gasteiger partial charge on any atom is 0.309 e. The van der Waals surface area contributed by atoms with E-state index in [1.54, 1.807) is 53.7 Å². The molecule has 2 N–H and O–H groups in total. The average Bonchev–Trinajstić information content (AvgIpc) is 3.08. The lowest BCUT2D eigenvalue weighted by atomic mass is 10.0. The van der Waals surface area contributed by atoms with E-state index in [0.29, 0.717) is 11.2 Å². The van der Waals surface area contributed by atoms with Crippen molar-refractivity contribution < 1.29 is 33.3 Å². The monoisotopic (exact) mass is 499 g/mol. The van der Waals surface area contributed by atoms with Gasteiger partial charge in [-0.25, -0.2) is 9.50 Å². The first kappa shape index (κ1) is 25.4. The molecule has 2 aliphatic rings. The number of hydrogen-bond acceptors (Lipinski definition) is 11. The predicted octanol–water partition coefficient (Wildman–Crippen LogP) is 1.73. The van der Waals surface area contributed by atoms with Crippen LogP contribution in [0.1, 0.15) is 53.3 Å². The van der Waals surface area contributed by atoms with Crippen LogP contribution in [-0.4, -0.2) is 55.9 Å². The van der Waals surface area contributed by atoms with Gasteiger partial charge in [0.15, 0.2) is 18.0 Å². The van der Waals surface area contributed by atoms with Crippen LogP contribution in [0.15, 0.2) is 18.5 Å². The van der Waals surface area contributed by atoms with Gasteiger partial charge in [0.1, 0.15) is 24.0 Å². The Balaban J connectivity index is 1.87. The fraction of sp³-hybridized carbons (Fsp3) is 0.583. The lowest BCUT2D eigenvalue weighted by molar-refractivity contribution is -0.187. The second-order valence-electron chi connectivity index (χ2n) is 9.94. The summed E-state index contributed by atoms with van der Waals surface area (Å²) < 4.78 is 25.0. The summed E-state index contributed by atoms with van der Waals surface area (Å²) in [5.74, 6) is -3.35. The number of fused-ring (bicyclic) bond motifs is 2. The molecule has 2 fully saturated rings. The Morgan fingerprint density at radius 1 is 1.06 bits per heavy atom. The number of carbonyl (C=O) groups is 3. The van der Waals surface area contributed by atoms with Gasteiger partial charge in [-0.15, -0.1) is 0 Å². The van der Waals surface area contributed by atoms with Crippen molar-refractivity contribution in [2.24, 2.45) is 17.8 Å². The number of rotatable bonds is 7. The summed E-state index contributed by atoms with van der Waals surface area (Å²) in [4.78, 5) is 42.2. The maximum absolute atomic E-state index is 12.9. The Labute approximate surface area is 207 Å². The van der Waals surface area contributed by atoms with E-state index < -0.39 is 65.2 Å². The van der Waals surface area contributed by atoms with Crippen molar-refractivity contribution in [2.75, 3.05) is 5.73 Å². The van der Waals surface area contributed by atoms with Gasteiger partial charge in [-0.2, -0.15) is 10.4 Å². The third-order valence-corrected chi connectivity index (χ3v) is 6.40. The van der Waals surface area contributed by atoms with Gasteiger partial charge in [-0.1, -0.05) is 41.5 Å². The lowest BCUT2D eigenvalue weighted by Gasteiger charge is -2.29. The van der Waals surface area contributed by atoms with Gasteiger partial charge in [0.2, 0.25) is 11.2 Å². The summed E-state index contributed by atoms with van der Waals surface area (Å²) in [6.45, 7) is 9.77. The molecule has 192 valence electrons. The van der Waals surface area contributed by atoms with Crippen LogP contribution >= 0.6 is 0 Å². The molecule has 4 rings (SSSR count). The molecule has 1 aliphatic heterocycles. The number of anilines is 1. The number of carbonyl (C=O) groups excluding carboxylic acids is 3. The SMILES string of the molecule is CC(C)C(=O)OC1[C@@]2(C#N)O[C@@H](c3ccc4c(N)ncnn34)[C@H](OC(=O)C(C)C)[C@@]12OC(=O)C(C)C. The number of esters is 3. The summed E-state index contributed by atoms with van der Waals surface area (Å²) in [5.41, 5.74) is 3.03. The molecule has 12 heteroatoms. The van der Waals surface area contributed by atoms with E-state index in [1.807, 2.05) is 6.07 Å². The van der Waals surface area contributed by atoms with Gasteiger partial charge in [-0.3, -0.25) is 14.4 Å². The van der Waals surface area contributed by atoms with Gasteiger partial charge in [0.05, 0.1) is 23.4 Å². The summed E-state index contributed by atoms with van der Waals surface area (Å²) >= 11 is 0. The van der Waals surface area contributed by atoms with Crippen molar-refractivity contribution in [3.05, 3.63) is 24.2 Å². The lowest BCUT2D eigenvalue weighted by Crippen LogP contribution is -2.45. The van der Waals surface area contributed by atoms with Gasteiger partial charge in [0, 0.05) is 0 Å². The molecule has 2 aromatic heterocycles. The highest BCUT2D eigenvalue weighted by atomic mass is 16.7. The minimum atomic E-state index is -1.91. The second-order valence-corrected chi connectivity index (χ2v) is 9.94. The molecular formula is C24H29N5O7. The first-order valence-electron chi connectivity index (χ1n) is 11.7. The fourth-order valence-corrected chi connectivity index (χ4v) is 4.29. The van der Waals surface area contributed by atoms with Crippen molar-refractivity contribution in [1.29, 1.82) is 5.26 Å². The van der Waals surface area contributed by atoms with Crippen LogP contribution in [0.3, 0.4) is 0 Å². The summed E-state index contributed by atoms with van der Waals surface area (Å²) in [5, 5.41) is 14.5. The Morgan fingerprint density at radius 3 is 2.25 bits per heavy atom. The Morgan fingerprint density at radius 2 is 1.67 bits per heavy atom. The Bertz CT molecular complexity index is 1270. The van der Waals surface area contributed by atoms with E-state index in [-0.39, 0.29) is 5.82 Å². The molecule has 0 aromatic carbocycles. The molecule has 1 saturated heterocycles. The molecule has 0 bridgehead atoms. The molecule has 0 spiro atoms. The van der Waals surface area contributed by atoms with Crippen LogP contribution in [0.25, 0.3) is 5.52 Å². The van der Waals surface area contributed by atoms with Gasteiger partial charge in [0.25, 0.3) is 0 Å². The highest BCUT2D eigenvalue weighted by Crippen LogP contribution is 2.68. The first-order chi connectivity index (χ1) is 16.9. The van der Waals surface area contributed by atoms with Crippen LogP contribution in [0, 0.1) is 29.1 Å². The van der Waals surface area contributed by atoms with Crippen LogP contribution in [0.5, 0.6) is 0 Å². The second kappa shape index (κ2) is 8.74. The number of nitrogens with two attached hydrogens (primary N) is 1. The highest BCUT2D eigenvalue weighted by Gasteiger charge is 2.95. The third-order valence-electron chi connectivity index (χ3n) is 6.40. The van der Waals surface area contributed by atoms with Gasteiger partial charge < -0.3 is 24.7 Å². The van der Waals surface area contributed by atoms with E-state index in [0.717, 1.165) is 0 Å². The molecule has 36 heavy (non-hydrogen) atoms. The van der Waals surface area contributed by atoms with E-state index in [1.165, 1.54) is 10.8 Å². The van der Waals surface area contributed by atoms with Crippen molar-refractivity contribution >= 4 is 29.2 Å². The number of nitrogens with zero attached hydrogens (tertiary/aromatic N) is 4. The summed E-state index contributed by atoms with van der Waals surface area (Å²) in [6, 6.07) is 5.34. The van der Waals surface area contributed by atoms with Gasteiger partial charge in [-0.05, 0) is 12.1 Å². The largest absolute Gasteiger partial charge is 0.454 e. The van der Waals surface area contributed by atoms with Crippen molar-refractivity contribution in [3.63, 3.8) is 0 Å². The van der Waals surface area contributed by atoms with E-state index >= 15 is 0 Å². The number of aromatic nitrogens is 3. The standard InChI is InChI=1S/C24H29N5O7/c1-11(2)19(30)33-17-16(14-7-8-15-18(26)27-10-28-29(14)15)35-23(9-25)22(34-20(31)12(3)4)24(17,23)36-21(32)13(5)6/h7-8,10-13,16-17,22H,1-6H3,(H2,26,27,28)/t16-,17-,22?,23+,24+/m0/s1. The van der Waals surface area contributed by atoms with Crippen molar-refractivity contribution in [2.45, 2.75) is 71.1 Å². The molecule has 12 nitrogen and oxygen atoms in total. The molecule has 0 amide bonds. The zero-order valence-electron chi connectivity index (χ0n) is 20.9. The normalized spacial score (nSPS) is 28.7. The van der Waals surface area contributed by atoms with Crippen molar-refractivity contribution in [1.82, 2.24) is 14.6 Å². The zero-order valence-corrected chi connectivity index (χ0v) is 20.9. The Kier molecular flexibility index (Phi) is 6.16. The summed E-state index contributed by atoms with van der Waals surface area (Å²) in [6.07, 6.45) is -2.48. The molecule has 3 heterocycles. The third kappa shape index (κ3) is 3.57.